The zero-order valence-electron chi connectivity index (χ0n) is 18.7. The first-order valence-corrected chi connectivity index (χ1v) is 10.9. The first-order valence-electron chi connectivity index (χ1n) is 10.9. The number of benzene rings is 1. The Hall–Kier alpha value is -1.34. The first-order chi connectivity index (χ1) is 15.9. The van der Waals surface area contributed by atoms with Gasteiger partial charge in [0.15, 0.2) is 0 Å². The molecule has 186 valence electrons. The van der Waals surface area contributed by atoms with E-state index in [2.05, 4.69) is 0 Å². The minimum absolute atomic E-state index is 0.0237. The molecule has 0 aliphatic carbocycles. The molecule has 10 heteroatoms. The van der Waals surface area contributed by atoms with Crippen LogP contribution in [0.5, 0.6) is 5.75 Å². The first kappa shape index (κ1) is 28.7. The topological polar surface area (TPSA) is 114 Å². The normalized spacial score (nSPS) is 12.2. The van der Waals surface area contributed by atoms with E-state index < -0.39 is 6.29 Å². The molecule has 0 saturated heterocycles. The number of hydrogen-bond donors (Lipinski definition) is 2. The van der Waals surface area contributed by atoms with E-state index in [0.717, 1.165) is 0 Å². The van der Waals surface area contributed by atoms with Gasteiger partial charge in [-0.15, -0.1) is 0 Å². The summed E-state index contributed by atoms with van der Waals surface area (Å²) in [6.07, 6.45) is -0.720. The highest BCUT2D eigenvalue weighted by molar-refractivity contribution is 5.20. The monoisotopic (exact) mass is 462 g/mol. The molecule has 1 aromatic rings. The summed E-state index contributed by atoms with van der Waals surface area (Å²) < 4.78 is 42.9. The molecule has 0 saturated carbocycles. The quantitative estimate of drug-likeness (QED) is 0.166. The van der Waals surface area contributed by atoms with E-state index in [1.165, 1.54) is 0 Å². The molecule has 0 fully saturated rings. The van der Waals surface area contributed by atoms with Crippen molar-refractivity contribution in [2.75, 3.05) is 99.1 Å². The Morgan fingerprint density at radius 1 is 0.531 bits per heavy atom. The van der Waals surface area contributed by atoms with Crippen molar-refractivity contribution < 1.29 is 48.1 Å². The number of para-hydroxylation sites is 1. The molecular weight excluding hydrogens is 424 g/mol. The lowest BCUT2D eigenvalue weighted by atomic mass is 10.3. The Bertz CT molecular complexity index is 491. The van der Waals surface area contributed by atoms with Crippen LogP contribution >= 0.6 is 0 Å². The SMILES string of the molecule is OCCOCCOCCOCCOCCOCCOCCOC(CO)Oc1ccccc1. The molecule has 0 aliphatic rings. The molecule has 1 unspecified atom stereocenters. The fourth-order valence-corrected chi connectivity index (χ4v) is 2.28. The van der Waals surface area contributed by atoms with Gasteiger partial charge in [-0.1, -0.05) is 18.2 Å². The van der Waals surface area contributed by atoms with Crippen molar-refractivity contribution in [1.82, 2.24) is 0 Å². The van der Waals surface area contributed by atoms with Gasteiger partial charge in [-0.25, -0.2) is 0 Å². The van der Waals surface area contributed by atoms with Crippen LogP contribution in [0, 0.1) is 0 Å². The average Bonchev–Trinajstić information content (AvgIpc) is 2.82. The molecule has 0 aliphatic heterocycles. The smallest absolute Gasteiger partial charge is 0.223 e. The van der Waals surface area contributed by atoms with Crippen LogP contribution < -0.4 is 4.74 Å². The van der Waals surface area contributed by atoms with Crippen LogP contribution in [0.25, 0.3) is 0 Å². The van der Waals surface area contributed by atoms with Gasteiger partial charge in [0.1, 0.15) is 12.4 Å². The standard InChI is InChI=1S/C22H38O10/c23-6-7-25-8-9-26-10-11-27-12-13-28-14-15-29-16-17-30-18-19-31-22(20-24)32-21-4-2-1-3-5-21/h1-5,22-24H,6-20H2. The Morgan fingerprint density at radius 3 is 1.34 bits per heavy atom. The molecule has 2 N–H and O–H groups in total. The minimum atomic E-state index is -0.720. The van der Waals surface area contributed by atoms with Crippen molar-refractivity contribution in [3.8, 4) is 5.75 Å². The summed E-state index contributed by atoms with van der Waals surface area (Å²) in [5.41, 5.74) is 0. The molecule has 1 atom stereocenters. The van der Waals surface area contributed by atoms with E-state index >= 15 is 0 Å². The van der Waals surface area contributed by atoms with Gasteiger partial charge in [-0.05, 0) is 12.1 Å². The summed E-state index contributed by atoms with van der Waals surface area (Å²) in [6.45, 7) is 5.62. The number of aliphatic hydroxyl groups is 2. The second kappa shape index (κ2) is 22.8. The molecule has 32 heavy (non-hydrogen) atoms. The lowest BCUT2D eigenvalue weighted by molar-refractivity contribution is -0.119. The summed E-state index contributed by atoms with van der Waals surface area (Å²) in [6, 6.07) is 9.19. The van der Waals surface area contributed by atoms with Gasteiger partial charge in [0.2, 0.25) is 6.29 Å². The Kier molecular flexibility index (Phi) is 20.5. The van der Waals surface area contributed by atoms with Crippen LogP contribution in [0.2, 0.25) is 0 Å². The fourth-order valence-electron chi connectivity index (χ4n) is 2.28. The maximum atomic E-state index is 9.30. The summed E-state index contributed by atoms with van der Waals surface area (Å²) in [5.74, 6) is 0.639. The molecular formula is C22H38O10. The predicted octanol–water partition coefficient (Wildman–Crippen LogP) is 0.492. The van der Waals surface area contributed by atoms with E-state index in [1.54, 1.807) is 12.1 Å². The zero-order valence-corrected chi connectivity index (χ0v) is 18.7. The minimum Gasteiger partial charge on any atom is -0.462 e. The third-order valence-corrected chi connectivity index (χ3v) is 3.79. The maximum Gasteiger partial charge on any atom is 0.223 e. The molecule has 10 nitrogen and oxygen atoms in total. The molecule has 0 aromatic heterocycles. The molecule has 0 heterocycles. The van der Waals surface area contributed by atoms with Crippen LogP contribution in [-0.4, -0.2) is 116 Å². The van der Waals surface area contributed by atoms with Gasteiger partial charge >= 0.3 is 0 Å². The number of ether oxygens (including phenoxy) is 8. The van der Waals surface area contributed by atoms with Crippen LogP contribution in [0.15, 0.2) is 30.3 Å². The van der Waals surface area contributed by atoms with E-state index in [4.69, 9.17) is 43.0 Å². The summed E-state index contributed by atoms with van der Waals surface area (Å²) in [5, 5.41) is 17.8. The average molecular weight is 463 g/mol. The van der Waals surface area contributed by atoms with Gasteiger partial charge in [-0.2, -0.15) is 0 Å². The third kappa shape index (κ3) is 18.3. The van der Waals surface area contributed by atoms with Gasteiger partial charge in [0, 0.05) is 0 Å². The fraction of sp³-hybridized carbons (Fsp3) is 0.727. The van der Waals surface area contributed by atoms with E-state index in [9.17, 15) is 5.11 Å². The van der Waals surface area contributed by atoms with E-state index in [1.807, 2.05) is 18.2 Å². The van der Waals surface area contributed by atoms with Gasteiger partial charge in [0.25, 0.3) is 0 Å². The highest BCUT2D eigenvalue weighted by Crippen LogP contribution is 2.11. The number of hydrogen-bond acceptors (Lipinski definition) is 10. The molecule has 0 radical (unpaired) electrons. The van der Waals surface area contributed by atoms with Crippen molar-refractivity contribution in [3.63, 3.8) is 0 Å². The highest BCUT2D eigenvalue weighted by Gasteiger charge is 2.08. The van der Waals surface area contributed by atoms with Gasteiger partial charge in [0.05, 0.1) is 92.5 Å². The van der Waals surface area contributed by atoms with Crippen molar-refractivity contribution in [1.29, 1.82) is 0 Å². The van der Waals surface area contributed by atoms with E-state index in [0.29, 0.717) is 91.6 Å². The summed E-state index contributed by atoms with van der Waals surface area (Å²) >= 11 is 0. The van der Waals surface area contributed by atoms with Gasteiger partial charge < -0.3 is 48.1 Å². The van der Waals surface area contributed by atoms with Gasteiger partial charge in [-0.3, -0.25) is 0 Å². The zero-order chi connectivity index (χ0) is 23.0. The second-order valence-corrected chi connectivity index (χ2v) is 6.31. The summed E-state index contributed by atoms with van der Waals surface area (Å²) in [7, 11) is 0. The Labute approximate surface area is 190 Å². The molecule has 0 bridgehead atoms. The Morgan fingerprint density at radius 2 is 0.938 bits per heavy atom. The number of rotatable bonds is 24. The van der Waals surface area contributed by atoms with Crippen LogP contribution in [-0.2, 0) is 33.2 Å². The maximum absolute atomic E-state index is 9.30. The van der Waals surface area contributed by atoms with Crippen molar-refractivity contribution in [3.05, 3.63) is 30.3 Å². The lowest BCUT2D eigenvalue weighted by Gasteiger charge is -2.17. The summed E-state index contributed by atoms with van der Waals surface area (Å²) in [4.78, 5) is 0. The predicted molar refractivity (Wildman–Crippen MR) is 116 cm³/mol. The van der Waals surface area contributed by atoms with E-state index in [-0.39, 0.29) is 13.2 Å². The lowest BCUT2D eigenvalue weighted by Crippen LogP contribution is -2.26. The van der Waals surface area contributed by atoms with Crippen molar-refractivity contribution >= 4 is 0 Å². The largest absolute Gasteiger partial charge is 0.462 e. The second-order valence-electron chi connectivity index (χ2n) is 6.31. The van der Waals surface area contributed by atoms with Crippen LogP contribution in [0.1, 0.15) is 0 Å². The Balaban J connectivity index is 1.75. The molecule has 0 amide bonds. The van der Waals surface area contributed by atoms with Crippen molar-refractivity contribution in [2.45, 2.75) is 6.29 Å². The third-order valence-electron chi connectivity index (χ3n) is 3.79. The van der Waals surface area contributed by atoms with Crippen molar-refractivity contribution in [2.24, 2.45) is 0 Å². The highest BCUT2D eigenvalue weighted by atomic mass is 16.7. The molecule has 1 aromatic carbocycles. The number of aliphatic hydroxyl groups excluding tert-OH is 2. The molecule has 0 spiro atoms. The molecule has 1 rings (SSSR count). The van der Waals surface area contributed by atoms with Crippen LogP contribution in [0.3, 0.4) is 0 Å². The van der Waals surface area contributed by atoms with Crippen LogP contribution in [0.4, 0.5) is 0 Å².